The average molecular weight is 366 g/mol. The van der Waals surface area contributed by atoms with Crippen molar-refractivity contribution in [2.75, 3.05) is 0 Å². The van der Waals surface area contributed by atoms with Crippen LogP contribution in [-0.2, 0) is 0 Å². The summed E-state index contributed by atoms with van der Waals surface area (Å²) in [6, 6.07) is 5.49. The molecule has 21 heavy (non-hydrogen) atoms. The minimum Gasteiger partial charge on any atom is -0.366 e. The Bertz CT molecular complexity index is 581. The fraction of sp³-hybridized carbons (Fsp3) is 0.412. The summed E-state index contributed by atoms with van der Waals surface area (Å²) < 4.78 is 0.934. The number of nitrogens with two attached hydrogens (primary N) is 1. The number of carbonyl (C=O) groups excluding carboxylic acids is 1. The molecule has 0 fully saturated rings. The van der Waals surface area contributed by atoms with Crippen LogP contribution in [0.4, 0.5) is 0 Å². The van der Waals surface area contributed by atoms with Crippen LogP contribution in [0.15, 0.2) is 33.6 Å². The van der Waals surface area contributed by atoms with Crippen LogP contribution in [0.3, 0.4) is 0 Å². The second-order valence-electron chi connectivity index (χ2n) is 6.22. The molecule has 4 heteroatoms. The van der Waals surface area contributed by atoms with Gasteiger partial charge in [0.2, 0.25) is 5.91 Å². The van der Waals surface area contributed by atoms with E-state index in [0.717, 1.165) is 16.5 Å². The number of primary amides is 1. The van der Waals surface area contributed by atoms with Crippen molar-refractivity contribution >= 4 is 36.0 Å². The highest BCUT2D eigenvalue weighted by Gasteiger charge is 2.18. The predicted octanol–water partition coefficient (Wildman–Crippen LogP) is 5.15. The second-order valence-corrected chi connectivity index (χ2v) is 12.2. The molecule has 1 rings (SSSR count). The highest BCUT2D eigenvalue weighted by Crippen LogP contribution is 2.22. The van der Waals surface area contributed by atoms with Crippen LogP contribution in [0.2, 0.25) is 19.6 Å². The van der Waals surface area contributed by atoms with Gasteiger partial charge in [0.15, 0.2) is 0 Å². The number of rotatable bonds is 6. The third kappa shape index (κ3) is 5.66. The number of benzene rings is 1. The minimum atomic E-state index is -1.39. The molecule has 0 bridgehead atoms. The summed E-state index contributed by atoms with van der Waals surface area (Å²) in [4.78, 5) is 11.5. The fourth-order valence-electron chi connectivity index (χ4n) is 2.06. The molecule has 0 radical (unpaired) electrons. The van der Waals surface area contributed by atoms with E-state index < -0.39 is 14.0 Å². The molecule has 1 aromatic rings. The molecule has 0 aliphatic rings. The highest BCUT2D eigenvalue weighted by atomic mass is 79.9. The van der Waals surface area contributed by atoms with Crippen molar-refractivity contribution < 1.29 is 4.79 Å². The van der Waals surface area contributed by atoms with E-state index in [-0.39, 0.29) is 0 Å². The standard InChI is InChI=1S/C17H24BrNOSi/c1-5-6-7-15(21(2,3)4)10-8-13-12-14(18)9-11-16(13)17(19)20/h8-9,11-12H,5-7H2,1-4H3,(H2,19,20). The monoisotopic (exact) mass is 365 g/mol. The molecule has 114 valence electrons. The average Bonchev–Trinajstić information content (AvgIpc) is 2.36. The van der Waals surface area contributed by atoms with Crippen molar-refractivity contribution in [2.24, 2.45) is 5.73 Å². The van der Waals surface area contributed by atoms with E-state index in [1.54, 1.807) is 6.07 Å². The molecule has 2 nitrogen and oxygen atoms in total. The predicted molar refractivity (Wildman–Crippen MR) is 97.0 cm³/mol. The van der Waals surface area contributed by atoms with E-state index in [0.29, 0.717) is 5.56 Å². The lowest BCUT2D eigenvalue weighted by Crippen LogP contribution is -2.23. The van der Waals surface area contributed by atoms with Gasteiger partial charge in [-0.05, 0) is 47.9 Å². The summed E-state index contributed by atoms with van der Waals surface area (Å²) >= 11 is 3.44. The molecule has 0 aliphatic carbocycles. The van der Waals surface area contributed by atoms with Gasteiger partial charge in [-0.2, -0.15) is 0 Å². The first kappa shape index (κ1) is 18.0. The SMILES string of the molecule is CCCCC(=C=Cc1cc(Br)ccc1C(N)=O)[Si](C)(C)C. The van der Waals surface area contributed by atoms with Gasteiger partial charge in [0.1, 0.15) is 0 Å². The summed E-state index contributed by atoms with van der Waals surface area (Å²) in [5.74, 6) is -0.404. The molecule has 0 atom stereocenters. The highest BCUT2D eigenvalue weighted by molar-refractivity contribution is 9.10. The van der Waals surface area contributed by atoms with Crippen LogP contribution < -0.4 is 5.73 Å². The van der Waals surface area contributed by atoms with Crippen molar-refractivity contribution in [3.8, 4) is 0 Å². The molecule has 0 saturated carbocycles. The van der Waals surface area contributed by atoms with E-state index in [4.69, 9.17) is 5.73 Å². The van der Waals surface area contributed by atoms with Gasteiger partial charge in [0.25, 0.3) is 0 Å². The van der Waals surface area contributed by atoms with E-state index >= 15 is 0 Å². The number of allylic oxidation sites excluding steroid dienone is 1. The molecule has 0 unspecified atom stereocenters. The van der Waals surface area contributed by atoms with Gasteiger partial charge < -0.3 is 5.73 Å². The molecular weight excluding hydrogens is 342 g/mol. The third-order valence-corrected chi connectivity index (χ3v) is 6.06. The van der Waals surface area contributed by atoms with Crippen molar-refractivity contribution in [1.29, 1.82) is 0 Å². The van der Waals surface area contributed by atoms with Crippen LogP contribution >= 0.6 is 15.9 Å². The zero-order valence-electron chi connectivity index (χ0n) is 13.3. The van der Waals surface area contributed by atoms with Gasteiger partial charge in [0, 0.05) is 10.0 Å². The normalized spacial score (nSPS) is 10.9. The Morgan fingerprint density at radius 1 is 1.38 bits per heavy atom. The minimum absolute atomic E-state index is 0.404. The van der Waals surface area contributed by atoms with Gasteiger partial charge in [-0.3, -0.25) is 4.79 Å². The molecule has 0 heterocycles. The van der Waals surface area contributed by atoms with Crippen molar-refractivity contribution in [3.05, 3.63) is 44.7 Å². The summed E-state index contributed by atoms with van der Waals surface area (Å²) in [5, 5.41) is 1.40. The molecular formula is C17H24BrNOSi. The van der Waals surface area contributed by atoms with E-state index in [2.05, 4.69) is 48.2 Å². The van der Waals surface area contributed by atoms with Crippen molar-refractivity contribution in [3.63, 3.8) is 0 Å². The lowest BCUT2D eigenvalue weighted by molar-refractivity contribution is 0.1000. The van der Waals surface area contributed by atoms with E-state index in [1.807, 2.05) is 18.2 Å². The Balaban J connectivity index is 3.29. The quantitative estimate of drug-likeness (QED) is 0.549. The summed E-state index contributed by atoms with van der Waals surface area (Å²) in [7, 11) is -1.39. The number of amides is 1. The van der Waals surface area contributed by atoms with Gasteiger partial charge in [0.05, 0.1) is 8.07 Å². The number of hydrogen-bond donors (Lipinski definition) is 1. The molecule has 0 saturated heterocycles. The third-order valence-electron chi connectivity index (χ3n) is 3.37. The maximum atomic E-state index is 11.5. The number of hydrogen-bond acceptors (Lipinski definition) is 1. The maximum absolute atomic E-state index is 11.5. The molecule has 0 aliphatic heterocycles. The molecule has 0 spiro atoms. The zero-order chi connectivity index (χ0) is 16.0. The van der Waals surface area contributed by atoms with Gasteiger partial charge in [-0.1, -0.05) is 48.9 Å². The maximum Gasteiger partial charge on any atom is 0.249 e. The van der Waals surface area contributed by atoms with Crippen molar-refractivity contribution in [1.82, 2.24) is 0 Å². The van der Waals surface area contributed by atoms with E-state index in [1.165, 1.54) is 18.0 Å². The Morgan fingerprint density at radius 3 is 2.57 bits per heavy atom. The summed E-state index contributed by atoms with van der Waals surface area (Å²) in [5.41, 5.74) is 10.3. The van der Waals surface area contributed by atoms with E-state index in [9.17, 15) is 4.79 Å². The number of unbranched alkanes of at least 4 members (excludes halogenated alkanes) is 1. The van der Waals surface area contributed by atoms with Crippen LogP contribution in [0.25, 0.3) is 6.08 Å². The molecule has 0 aromatic heterocycles. The lowest BCUT2D eigenvalue weighted by atomic mass is 10.1. The van der Waals surface area contributed by atoms with Crippen LogP contribution in [0.5, 0.6) is 0 Å². The van der Waals surface area contributed by atoms with Crippen molar-refractivity contribution in [2.45, 2.75) is 45.8 Å². The summed E-state index contributed by atoms with van der Waals surface area (Å²) in [6.45, 7) is 9.18. The Labute approximate surface area is 137 Å². The first-order valence-corrected chi connectivity index (χ1v) is 11.6. The number of carbonyl (C=O) groups is 1. The first-order chi connectivity index (χ1) is 9.75. The Kier molecular flexibility index (Phi) is 6.66. The topological polar surface area (TPSA) is 43.1 Å². The van der Waals surface area contributed by atoms with Crippen LogP contribution in [0.1, 0.15) is 42.1 Å². The van der Waals surface area contributed by atoms with Crippen LogP contribution in [0, 0.1) is 0 Å². The summed E-state index contributed by atoms with van der Waals surface area (Å²) in [6.07, 6.45) is 5.36. The van der Waals surface area contributed by atoms with Gasteiger partial charge in [-0.15, -0.1) is 5.73 Å². The lowest BCUT2D eigenvalue weighted by Gasteiger charge is -2.18. The fourth-order valence-corrected chi connectivity index (χ4v) is 3.87. The van der Waals surface area contributed by atoms with Gasteiger partial charge >= 0.3 is 0 Å². The van der Waals surface area contributed by atoms with Crippen LogP contribution in [-0.4, -0.2) is 14.0 Å². The zero-order valence-corrected chi connectivity index (χ0v) is 15.9. The largest absolute Gasteiger partial charge is 0.366 e. The smallest absolute Gasteiger partial charge is 0.249 e. The number of halogens is 1. The Hall–Kier alpha value is -1.09. The first-order valence-electron chi connectivity index (χ1n) is 7.31. The molecule has 1 amide bonds. The molecule has 2 N–H and O–H groups in total. The second kappa shape index (κ2) is 7.78. The Morgan fingerprint density at radius 2 is 2.05 bits per heavy atom. The van der Waals surface area contributed by atoms with Gasteiger partial charge in [-0.25, -0.2) is 0 Å². The molecule has 1 aromatic carbocycles.